The first kappa shape index (κ1) is 11.2. The van der Waals surface area contributed by atoms with Crippen molar-refractivity contribution in [3.8, 4) is 0 Å². The number of hydrogen-bond donors (Lipinski definition) is 2. The number of H-pyrrole nitrogens is 1. The van der Waals surface area contributed by atoms with Crippen LogP contribution in [0.3, 0.4) is 0 Å². The molecular formula is C12H13N3O2. The fraction of sp³-hybridized carbons (Fsp3) is 0.167. The summed E-state index contributed by atoms with van der Waals surface area (Å²) < 4.78 is 0. The van der Waals surface area contributed by atoms with Crippen molar-refractivity contribution in [1.82, 2.24) is 4.98 Å². The Hall–Kier alpha value is -2.30. The minimum atomic E-state index is -0.400. The summed E-state index contributed by atoms with van der Waals surface area (Å²) >= 11 is 0. The molecule has 2 aromatic rings. The zero-order valence-electron chi connectivity index (χ0n) is 9.22. The second-order valence-electron chi connectivity index (χ2n) is 3.68. The summed E-state index contributed by atoms with van der Waals surface area (Å²) in [5, 5.41) is 13.7. The van der Waals surface area contributed by atoms with Crippen LogP contribution >= 0.6 is 0 Å². The van der Waals surface area contributed by atoms with Crippen LogP contribution in [0.5, 0.6) is 0 Å². The summed E-state index contributed by atoms with van der Waals surface area (Å²) in [6.07, 6.45) is 2.78. The van der Waals surface area contributed by atoms with E-state index in [2.05, 4.69) is 10.3 Å². The second-order valence-corrected chi connectivity index (χ2v) is 3.68. The number of benzene rings is 1. The highest BCUT2D eigenvalue weighted by atomic mass is 16.6. The van der Waals surface area contributed by atoms with Crippen molar-refractivity contribution < 1.29 is 4.92 Å². The van der Waals surface area contributed by atoms with Gasteiger partial charge >= 0.3 is 0 Å². The van der Waals surface area contributed by atoms with Gasteiger partial charge in [0.25, 0.3) is 5.69 Å². The molecule has 0 fully saturated rings. The number of nitro groups is 1. The van der Waals surface area contributed by atoms with Gasteiger partial charge in [-0.3, -0.25) is 10.1 Å². The Bertz CT molecular complexity index is 477. The van der Waals surface area contributed by atoms with Crippen molar-refractivity contribution in [3.63, 3.8) is 0 Å². The van der Waals surface area contributed by atoms with Gasteiger partial charge < -0.3 is 10.3 Å². The number of aromatic nitrogens is 1. The van der Waals surface area contributed by atoms with Crippen LogP contribution in [0.1, 0.15) is 5.69 Å². The summed E-state index contributed by atoms with van der Waals surface area (Å²) in [7, 11) is 0. The van der Waals surface area contributed by atoms with E-state index in [4.69, 9.17) is 0 Å². The van der Waals surface area contributed by atoms with Crippen LogP contribution in [0.25, 0.3) is 0 Å². The van der Waals surface area contributed by atoms with Crippen molar-refractivity contribution in [3.05, 3.63) is 58.4 Å². The molecule has 0 aliphatic rings. The third-order valence-electron chi connectivity index (χ3n) is 2.46. The number of nitrogens with one attached hydrogen (secondary N) is 2. The van der Waals surface area contributed by atoms with E-state index in [1.807, 2.05) is 18.3 Å². The largest absolute Gasteiger partial charge is 0.385 e. The molecule has 1 heterocycles. The molecule has 0 saturated heterocycles. The summed E-state index contributed by atoms with van der Waals surface area (Å²) in [5.74, 6) is 0. The zero-order valence-corrected chi connectivity index (χ0v) is 9.22. The van der Waals surface area contributed by atoms with Crippen LogP contribution in [0.4, 0.5) is 11.4 Å². The maximum absolute atomic E-state index is 10.5. The Kier molecular flexibility index (Phi) is 3.40. The van der Waals surface area contributed by atoms with Gasteiger partial charge in [-0.25, -0.2) is 0 Å². The van der Waals surface area contributed by atoms with Crippen molar-refractivity contribution in [2.75, 3.05) is 11.9 Å². The van der Waals surface area contributed by atoms with E-state index < -0.39 is 4.92 Å². The molecule has 5 heteroatoms. The van der Waals surface area contributed by atoms with Crippen molar-refractivity contribution >= 4 is 11.4 Å². The number of hydrogen-bond acceptors (Lipinski definition) is 3. The van der Waals surface area contributed by atoms with E-state index >= 15 is 0 Å². The standard InChI is InChI=1S/C12H13N3O2/c16-15(17)12-5-3-11(4-6-12)14-9-7-10-2-1-8-13-10/h1-6,8,13-14H,7,9H2. The van der Waals surface area contributed by atoms with Crippen molar-refractivity contribution in [2.24, 2.45) is 0 Å². The van der Waals surface area contributed by atoms with Crippen LogP contribution in [0.15, 0.2) is 42.6 Å². The van der Waals surface area contributed by atoms with Gasteiger partial charge in [-0.05, 0) is 24.3 Å². The average molecular weight is 231 g/mol. The average Bonchev–Trinajstić information content (AvgIpc) is 2.83. The highest BCUT2D eigenvalue weighted by Gasteiger charge is 2.03. The monoisotopic (exact) mass is 231 g/mol. The summed E-state index contributed by atoms with van der Waals surface area (Å²) in [6.45, 7) is 0.790. The highest BCUT2D eigenvalue weighted by molar-refractivity contribution is 5.48. The Morgan fingerprint density at radius 3 is 2.59 bits per heavy atom. The van der Waals surface area contributed by atoms with E-state index in [-0.39, 0.29) is 5.69 Å². The highest BCUT2D eigenvalue weighted by Crippen LogP contribution is 2.15. The van der Waals surface area contributed by atoms with E-state index in [1.165, 1.54) is 17.8 Å². The lowest BCUT2D eigenvalue weighted by Crippen LogP contribution is -2.04. The molecule has 0 saturated carbocycles. The zero-order chi connectivity index (χ0) is 12.1. The minimum absolute atomic E-state index is 0.111. The molecule has 1 aromatic heterocycles. The van der Waals surface area contributed by atoms with Gasteiger partial charge in [0, 0.05) is 42.7 Å². The fourth-order valence-corrected chi connectivity index (χ4v) is 1.57. The molecule has 0 aliphatic heterocycles. The van der Waals surface area contributed by atoms with Crippen molar-refractivity contribution in [1.29, 1.82) is 0 Å². The van der Waals surface area contributed by atoms with E-state index in [9.17, 15) is 10.1 Å². The Labute approximate surface area is 98.6 Å². The first-order valence-corrected chi connectivity index (χ1v) is 5.36. The lowest BCUT2D eigenvalue weighted by Gasteiger charge is -2.04. The SMILES string of the molecule is O=[N+]([O-])c1ccc(NCCc2ccc[nH]2)cc1. The van der Waals surface area contributed by atoms with E-state index in [0.29, 0.717) is 0 Å². The molecule has 2 N–H and O–H groups in total. The van der Waals surface area contributed by atoms with Gasteiger partial charge in [0.05, 0.1) is 4.92 Å². The normalized spacial score (nSPS) is 10.1. The lowest BCUT2D eigenvalue weighted by molar-refractivity contribution is -0.384. The van der Waals surface area contributed by atoms with Crippen molar-refractivity contribution in [2.45, 2.75) is 6.42 Å². The van der Waals surface area contributed by atoms with E-state index in [1.54, 1.807) is 12.1 Å². The predicted molar refractivity (Wildman–Crippen MR) is 66.1 cm³/mol. The van der Waals surface area contributed by atoms with Crippen LogP contribution in [-0.2, 0) is 6.42 Å². The van der Waals surface area contributed by atoms with Gasteiger partial charge in [0.2, 0.25) is 0 Å². The molecule has 0 spiro atoms. The van der Waals surface area contributed by atoms with Gasteiger partial charge in [0.1, 0.15) is 0 Å². The Morgan fingerprint density at radius 2 is 2.00 bits per heavy atom. The third kappa shape index (κ3) is 3.07. The van der Waals surface area contributed by atoms with Gasteiger partial charge in [-0.2, -0.15) is 0 Å². The quantitative estimate of drug-likeness (QED) is 0.613. The van der Waals surface area contributed by atoms with Crippen LogP contribution < -0.4 is 5.32 Å². The van der Waals surface area contributed by atoms with Crippen LogP contribution in [0, 0.1) is 10.1 Å². The molecule has 0 aliphatic carbocycles. The number of anilines is 1. The molecule has 2 rings (SSSR count). The first-order chi connectivity index (χ1) is 8.25. The Morgan fingerprint density at radius 1 is 1.24 bits per heavy atom. The minimum Gasteiger partial charge on any atom is -0.385 e. The summed E-state index contributed by atoms with van der Waals surface area (Å²) in [6, 6.07) is 10.4. The molecular weight excluding hydrogens is 218 g/mol. The second kappa shape index (κ2) is 5.16. The summed E-state index contributed by atoms with van der Waals surface area (Å²) in [5.41, 5.74) is 2.17. The summed E-state index contributed by atoms with van der Waals surface area (Å²) in [4.78, 5) is 13.2. The smallest absolute Gasteiger partial charge is 0.269 e. The van der Waals surface area contributed by atoms with Gasteiger partial charge in [-0.1, -0.05) is 0 Å². The molecule has 88 valence electrons. The molecule has 0 amide bonds. The lowest BCUT2D eigenvalue weighted by atomic mass is 10.2. The van der Waals surface area contributed by atoms with Gasteiger partial charge in [0.15, 0.2) is 0 Å². The third-order valence-corrected chi connectivity index (χ3v) is 2.46. The molecule has 0 unspecified atom stereocenters. The number of non-ortho nitro benzene ring substituents is 1. The number of rotatable bonds is 5. The van der Waals surface area contributed by atoms with E-state index in [0.717, 1.165) is 18.7 Å². The molecule has 5 nitrogen and oxygen atoms in total. The number of nitrogens with zero attached hydrogens (tertiary/aromatic N) is 1. The molecule has 17 heavy (non-hydrogen) atoms. The predicted octanol–water partition coefficient (Wildman–Crippen LogP) is 2.58. The molecule has 0 radical (unpaired) electrons. The molecule has 0 bridgehead atoms. The first-order valence-electron chi connectivity index (χ1n) is 5.36. The molecule has 0 atom stereocenters. The number of nitro benzene ring substituents is 1. The maximum Gasteiger partial charge on any atom is 0.269 e. The van der Waals surface area contributed by atoms with Gasteiger partial charge in [-0.15, -0.1) is 0 Å². The van der Waals surface area contributed by atoms with Crippen LogP contribution in [0.2, 0.25) is 0 Å². The molecule has 1 aromatic carbocycles. The topological polar surface area (TPSA) is 71.0 Å². The fourth-order valence-electron chi connectivity index (χ4n) is 1.57. The van der Waals surface area contributed by atoms with Crippen LogP contribution in [-0.4, -0.2) is 16.5 Å². The maximum atomic E-state index is 10.5. The number of aromatic amines is 1. The Balaban J connectivity index is 1.85.